The Bertz CT molecular complexity index is 228. The second kappa shape index (κ2) is 10.2. The molecule has 0 aromatic carbocycles. The van der Waals surface area contributed by atoms with E-state index in [2.05, 4.69) is 24.3 Å². The van der Waals surface area contributed by atoms with Gasteiger partial charge in [0.1, 0.15) is 0 Å². The molecule has 0 heterocycles. The summed E-state index contributed by atoms with van der Waals surface area (Å²) in [5.74, 6) is 1.62. The third-order valence-corrected chi connectivity index (χ3v) is 1.76. The molecular weight excluding hydrogens is 263 g/mol. The number of hydrogen-bond donors (Lipinski definition) is 0. The molecule has 0 fully saturated rings. The van der Waals surface area contributed by atoms with E-state index in [1.807, 2.05) is 0 Å². The molecule has 2 bridgehead atoms. The van der Waals surface area contributed by atoms with Gasteiger partial charge < -0.3 is 0 Å². The first kappa shape index (κ1) is 15.6. The fourth-order valence-corrected chi connectivity index (χ4v) is 1.33. The predicted molar refractivity (Wildman–Crippen MR) is 52.5 cm³/mol. The Morgan fingerprint density at radius 3 is 1.21 bits per heavy atom. The molecule has 0 aromatic heterocycles. The summed E-state index contributed by atoms with van der Waals surface area (Å²) in [6.45, 7) is 2.86. The maximum absolute atomic E-state index is 7.32. The summed E-state index contributed by atoms with van der Waals surface area (Å²) in [7, 11) is 0. The summed E-state index contributed by atoms with van der Waals surface area (Å²) in [5.41, 5.74) is 0. The minimum Gasteiger partial charge on any atom is -0.199 e. The van der Waals surface area contributed by atoms with Crippen molar-refractivity contribution in [2.75, 3.05) is 0 Å². The molecule has 0 amide bonds. The van der Waals surface area contributed by atoms with Gasteiger partial charge in [-0.25, -0.2) is 0 Å². The zero-order valence-electron chi connectivity index (χ0n) is 8.40. The monoisotopic (exact) mass is 277 g/mol. The molecule has 2 aliphatic rings. The molecule has 14 heavy (non-hydrogen) atoms. The molecular formula is C11H14N2Rh. The van der Waals surface area contributed by atoms with Gasteiger partial charge >= 0.3 is 0 Å². The van der Waals surface area contributed by atoms with Crippen molar-refractivity contribution in [1.82, 2.24) is 0 Å². The van der Waals surface area contributed by atoms with Crippen LogP contribution < -0.4 is 0 Å². The van der Waals surface area contributed by atoms with E-state index in [-0.39, 0.29) is 19.5 Å². The van der Waals surface area contributed by atoms with Gasteiger partial charge in [0.05, 0.1) is 12.1 Å². The Hall–Kier alpha value is -0.917. The zero-order chi connectivity index (χ0) is 10.1. The van der Waals surface area contributed by atoms with Crippen LogP contribution >= 0.6 is 0 Å². The van der Waals surface area contributed by atoms with Gasteiger partial charge in [0.2, 0.25) is 0 Å². The van der Waals surface area contributed by atoms with E-state index in [4.69, 9.17) is 10.5 Å². The molecule has 0 aromatic rings. The van der Waals surface area contributed by atoms with Crippen LogP contribution in [0.1, 0.15) is 20.3 Å². The molecule has 0 spiro atoms. The van der Waals surface area contributed by atoms with Gasteiger partial charge in [-0.3, -0.25) is 0 Å². The Labute approximate surface area is 98.7 Å². The van der Waals surface area contributed by atoms with Crippen molar-refractivity contribution in [3.8, 4) is 12.1 Å². The maximum Gasteiger partial charge on any atom is 0.0587 e. The third-order valence-electron chi connectivity index (χ3n) is 1.76. The molecule has 0 unspecified atom stereocenters. The summed E-state index contributed by atoms with van der Waals surface area (Å²) >= 11 is 0. The molecule has 1 radical (unpaired) electrons. The predicted octanol–water partition coefficient (Wildman–Crippen LogP) is 2.81. The first-order valence-electron chi connectivity index (χ1n) is 4.26. The number of nitriles is 2. The molecule has 0 saturated carbocycles. The zero-order valence-corrected chi connectivity index (χ0v) is 10.0. The van der Waals surface area contributed by atoms with Crippen molar-refractivity contribution < 1.29 is 19.5 Å². The molecule has 3 heteroatoms. The second-order valence-corrected chi connectivity index (χ2v) is 2.78. The van der Waals surface area contributed by atoms with Crippen LogP contribution in [0.2, 0.25) is 0 Å². The van der Waals surface area contributed by atoms with E-state index in [0.717, 1.165) is 11.8 Å². The van der Waals surface area contributed by atoms with Crippen LogP contribution in [0.5, 0.6) is 0 Å². The van der Waals surface area contributed by atoms with E-state index >= 15 is 0 Å². The van der Waals surface area contributed by atoms with E-state index in [1.54, 1.807) is 12.1 Å². The van der Waals surface area contributed by atoms with Crippen molar-refractivity contribution >= 4 is 0 Å². The minimum absolute atomic E-state index is 0. The minimum atomic E-state index is 0. The first-order valence-corrected chi connectivity index (χ1v) is 4.26. The number of fused-ring (bicyclic) bond motifs is 2. The van der Waals surface area contributed by atoms with Crippen LogP contribution in [0, 0.1) is 34.5 Å². The van der Waals surface area contributed by atoms with Crippen molar-refractivity contribution in [1.29, 1.82) is 10.5 Å². The molecule has 0 saturated heterocycles. The Morgan fingerprint density at radius 2 is 1.14 bits per heavy atom. The number of nitrogens with zero attached hydrogens (tertiary/aromatic N) is 2. The van der Waals surface area contributed by atoms with Crippen LogP contribution in [0.4, 0.5) is 0 Å². The SMILES string of the molecule is C1=CC2C=CC1C2.CC#N.CC#N.[Rh]. The normalized spacial score (nSPS) is 22.9. The average Bonchev–Trinajstić information content (AvgIpc) is 2.69. The third kappa shape index (κ3) is 6.58. The molecule has 0 aliphatic heterocycles. The molecule has 2 aliphatic carbocycles. The van der Waals surface area contributed by atoms with Gasteiger partial charge in [-0.1, -0.05) is 24.3 Å². The van der Waals surface area contributed by atoms with Crippen molar-refractivity contribution in [3.63, 3.8) is 0 Å². The van der Waals surface area contributed by atoms with Gasteiger partial charge in [-0.15, -0.1) is 0 Å². The number of hydrogen-bond acceptors (Lipinski definition) is 2. The smallest absolute Gasteiger partial charge is 0.0587 e. The second-order valence-electron chi connectivity index (χ2n) is 2.78. The summed E-state index contributed by atoms with van der Waals surface area (Å²) < 4.78 is 0. The van der Waals surface area contributed by atoms with Gasteiger partial charge in [0, 0.05) is 33.3 Å². The van der Waals surface area contributed by atoms with Crippen LogP contribution in [-0.2, 0) is 19.5 Å². The van der Waals surface area contributed by atoms with Crippen molar-refractivity contribution in [3.05, 3.63) is 24.3 Å². The van der Waals surface area contributed by atoms with Crippen LogP contribution in [-0.4, -0.2) is 0 Å². The van der Waals surface area contributed by atoms with Gasteiger partial charge in [-0.05, 0) is 18.3 Å². The van der Waals surface area contributed by atoms with E-state index in [1.165, 1.54) is 20.3 Å². The van der Waals surface area contributed by atoms with E-state index < -0.39 is 0 Å². The average molecular weight is 277 g/mol. The number of allylic oxidation sites excluding steroid dienone is 4. The standard InChI is InChI=1S/C7H8.2C2H3N.Rh/c1-2-7-4-3-6(1)5-7;2*1-2-3;/h1-4,6-7H,5H2;2*1H3;. The fourth-order valence-electron chi connectivity index (χ4n) is 1.33. The van der Waals surface area contributed by atoms with Crippen LogP contribution in [0.15, 0.2) is 24.3 Å². The molecule has 0 N–H and O–H groups in total. The Kier molecular flexibility index (Phi) is 11.3. The quantitative estimate of drug-likeness (QED) is 0.505. The summed E-state index contributed by atoms with van der Waals surface area (Å²) in [5, 5.41) is 14.6. The Balaban J connectivity index is 0. The van der Waals surface area contributed by atoms with Gasteiger partial charge in [0.25, 0.3) is 0 Å². The van der Waals surface area contributed by atoms with E-state index in [9.17, 15) is 0 Å². The number of rotatable bonds is 0. The first-order chi connectivity index (χ1) is 6.28. The maximum atomic E-state index is 7.32. The summed E-state index contributed by atoms with van der Waals surface area (Å²) in [4.78, 5) is 0. The van der Waals surface area contributed by atoms with E-state index in [0.29, 0.717) is 0 Å². The van der Waals surface area contributed by atoms with Crippen molar-refractivity contribution in [2.45, 2.75) is 20.3 Å². The van der Waals surface area contributed by atoms with Crippen LogP contribution in [0.25, 0.3) is 0 Å². The van der Waals surface area contributed by atoms with Crippen molar-refractivity contribution in [2.24, 2.45) is 11.8 Å². The topological polar surface area (TPSA) is 47.6 Å². The molecule has 2 rings (SSSR count). The van der Waals surface area contributed by atoms with Gasteiger partial charge in [-0.2, -0.15) is 10.5 Å². The van der Waals surface area contributed by atoms with Crippen LogP contribution in [0.3, 0.4) is 0 Å². The summed E-state index contributed by atoms with van der Waals surface area (Å²) in [6.07, 6.45) is 10.5. The van der Waals surface area contributed by atoms with Gasteiger partial charge in [0.15, 0.2) is 0 Å². The molecule has 0 atom stereocenters. The Morgan fingerprint density at radius 1 is 0.929 bits per heavy atom. The largest absolute Gasteiger partial charge is 0.199 e. The fraction of sp³-hybridized carbons (Fsp3) is 0.455. The summed E-state index contributed by atoms with van der Waals surface area (Å²) in [6, 6.07) is 3.50. The molecule has 77 valence electrons. The molecule has 2 nitrogen and oxygen atoms in total.